The van der Waals surface area contributed by atoms with E-state index in [-0.39, 0.29) is 22.4 Å². The lowest BCUT2D eigenvalue weighted by molar-refractivity contribution is 0.103. The third-order valence-corrected chi connectivity index (χ3v) is 5.25. The molecule has 0 aliphatic rings. The summed E-state index contributed by atoms with van der Waals surface area (Å²) in [5, 5.41) is 14.7. The monoisotopic (exact) mass is 422 g/mol. The van der Waals surface area contributed by atoms with E-state index in [1.54, 1.807) is 35.7 Å². The van der Waals surface area contributed by atoms with Crippen molar-refractivity contribution in [2.24, 2.45) is 0 Å². The second kappa shape index (κ2) is 7.59. The van der Waals surface area contributed by atoms with Gasteiger partial charge in [0.05, 0.1) is 16.8 Å². The van der Waals surface area contributed by atoms with Gasteiger partial charge in [0.15, 0.2) is 0 Å². The Morgan fingerprint density at radius 1 is 1.11 bits per heavy atom. The second-order valence-corrected chi connectivity index (χ2v) is 8.87. The van der Waals surface area contributed by atoms with Crippen LogP contribution in [0, 0.1) is 0 Å². The number of sulfonamides is 1. The van der Waals surface area contributed by atoms with Crippen molar-refractivity contribution >= 4 is 50.2 Å². The average molecular weight is 423 g/mol. The summed E-state index contributed by atoms with van der Waals surface area (Å²) < 4.78 is 25.1. The number of anilines is 2. The lowest BCUT2D eigenvalue weighted by Gasteiger charge is -2.09. The summed E-state index contributed by atoms with van der Waals surface area (Å²) >= 11 is 7.23. The van der Waals surface area contributed by atoms with Gasteiger partial charge in [-0.1, -0.05) is 29.8 Å². The topological polar surface area (TPSA) is 95.5 Å². The zero-order valence-corrected chi connectivity index (χ0v) is 16.5. The molecule has 0 spiro atoms. The van der Waals surface area contributed by atoms with Gasteiger partial charge in [-0.05, 0) is 41.3 Å². The van der Waals surface area contributed by atoms with E-state index in [0.29, 0.717) is 16.1 Å². The summed E-state index contributed by atoms with van der Waals surface area (Å²) in [6.07, 6.45) is 1.03. The number of nitrogens with one attached hydrogen (secondary N) is 2. The standard InChI is InChI=1S/C18H15ClN2O4S2/c1-27(24,25)21-14-8-12(19)7-13(9-14)20-18(23)17-6-11(10-26-17)15-4-2-3-5-16(15)22/h2-10,21-22H,1H3,(H,20,23). The molecule has 2 aromatic carbocycles. The number of benzene rings is 2. The van der Waals surface area contributed by atoms with Gasteiger partial charge in [-0.3, -0.25) is 9.52 Å². The van der Waals surface area contributed by atoms with Crippen molar-refractivity contribution in [2.45, 2.75) is 0 Å². The van der Waals surface area contributed by atoms with Gasteiger partial charge < -0.3 is 10.4 Å². The number of hydrogen-bond acceptors (Lipinski definition) is 5. The predicted molar refractivity (Wildman–Crippen MR) is 109 cm³/mol. The molecular formula is C18H15ClN2O4S2. The minimum atomic E-state index is -3.47. The molecule has 1 amide bonds. The van der Waals surface area contributed by atoms with Gasteiger partial charge in [-0.25, -0.2) is 8.42 Å². The van der Waals surface area contributed by atoms with Gasteiger partial charge in [-0.15, -0.1) is 11.3 Å². The van der Waals surface area contributed by atoms with Crippen LogP contribution in [-0.2, 0) is 10.0 Å². The third-order valence-electron chi connectivity index (χ3n) is 3.50. The molecule has 6 nitrogen and oxygen atoms in total. The maximum absolute atomic E-state index is 12.5. The number of hydrogen-bond donors (Lipinski definition) is 3. The van der Waals surface area contributed by atoms with Crippen LogP contribution in [0.2, 0.25) is 5.02 Å². The van der Waals surface area contributed by atoms with E-state index in [0.717, 1.165) is 11.8 Å². The molecule has 0 atom stereocenters. The van der Waals surface area contributed by atoms with E-state index in [4.69, 9.17) is 11.6 Å². The summed E-state index contributed by atoms with van der Waals surface area (Å²) in [6.45, 7) is 0. The summed E-state index contributed by atoms with van der Waals surface area (Å²) in [4.78, 5) is 12.9. The average Bonchev–Trinajstić information content (AvgIpc) is 3.03. The van der Waals surface area contributed by atoms with E-state index in [1.807, 2.05) is 0 Å². The highest BCUT2D eigenvalue weighted by molar-refractivity contribution is 7.92. The molecule has 9 heteroatoms. The number of phenols is 1. The number of amides is 1. The third kappa shape index (κ3) is 5.00. The number of thiophene rings is 1. The first-order chi connectivity index (χ1) is 12.7. The first-order valence-corrected chi connectivity index (χ1v) is 10.8. The minimum absolute atomic E-state index is 0.133. The Labute approximate surface area is 165 Å². The van der Waals surface area contributed by atoms with Gasteiger partial charge >= 0.3 is 0 Å². The van der Waals surface area contributed by atoms with Gasteiger partial charge in [0.1, 0.15) is 5.75 Å². The fourth-order valence-corrected chi connectivity index (χ4v) is 4.02. The Morgan fingerprint density at radius 3 is 2.52 bits per heavy atom. The summed E-state index contributed by atoms with van der Waals surface area (Å²) in [6, 6.07) is 13.0. The quantitative estimate of drug-likeness (QED) is 0.567. The van der Waals surface area contributed by atoms with Crippen molar-refractivity contribution in [1.29, 1.82) is 0 Å². The molecule has 0 radical (unpaired) electrons. The van der Waals surface area contributed by atoms with Gasteiger partial charge in [-0.2, -0.15) is 0 Å². The van der Waals surface area contributed by atoms with Crippen LogP contribution < -0.4 is 10.0 Å². The Morgan fingerprint density at radius 2 is 1.81 bits per heavy atom. The first kappa shape index (κ1) is 19.2. The van der Waals surface area contributed by atoms with E-state index >= 15 is 0 Å². The second-order valence-electron chi connectivity index (χ2n) is 5.77. The zero-order valence-electron chi connectivity index (χ0n) is 14.1. The van der Waals surface area contributed by atoms with Gasteiger partial charge in [0, 0.05) is 16.3 Å². The lowest BCUT2D eigenvalue weighted by Crippen LogP contribution is -2.12. The fraction of sp³-hybridized carbons (Fsp3) is 0.0556. The maximum atomic E-state index is 12.5. The lowest BCUT2D eigenvalue weighted by atomic mass is 10.1. The normalized spacial score (nSPS) is 11.2. The van der Waals surface area contributed by atoms with Crippen molar-refractivity contribution in [3.05, 3.63) is 63.8 Å². The molecule has 0 aliphatic carbocycles. The van der Waals surface area contributed by atoms with Crippen molar-refractivity contribution in [3.63, 3.8) is 0 Å². The number of para-hydroxylation sites is 1. The van der Waals surface area contributed by atoms with Gasteiger partial charge in [0.25, 0.3) is 5.91 Å². The van der Waals surface area contributed by atoms with Crippen molar-refractivity contribution in [3.8, 4) is 16.9 Å². The van der Waals surface area contributed by atoms with Crippen LogP contribution >= 0.6 is 22.9 Å². The Bertz CT molecular complexity index is 1110. The van der Waals surface area contributed by atoms with Crippen LogP contribution in [0.5, 0.6) is 5.75 Å². The molecule has 140 valence electrons. The molecule has 0 fully saturated rings. The summed E-state index contributed by atoms with van der Waals surface area (Å²) in [5.41, 5.74) is 1.97. The minimum Gasteiger partial charge on any atom is -0.507 e. The Balaban J connectivity index is 1.81. The van der Waals surface area contributed by atoms with Crippen LogP contribution in [-0.4, -0.2) is 25.7 Å². The van der Waals surface area contributed by atoms with E-state index in [9.17, 15) is 18.3 Å². The number of carbonyl (C=O) groups excluding carboxylic acids is 1. The van der Waals surface area contributed by atoms with Crippen molar-refractivity contribution in [1.82, 2.24) is 0 Å². The summed E-state index contributed by atoms with van der Waals surface area (Å²) in [7, 11) is -3.47. The molecule has 0 saturated heterocycles. The van der Waals surface area contributed by atoms with E-state index in [2.05, 4.69) is 10.0 Å². The first-order valence-electron chi connectivity index (χ1n) is 7.68. The fourth-order valence-electron chi connectivity index (χ4n) is 2.44. The molecule has 0 aliphatic heterocycles. The molecule has 1 aromatic heterocycles. The molecule has 3 aromatic rings. The SMILES string of the molecule is CS(=O)(=O)Nc1cc(Cl)cc(NC(=O)c2cc(-c3ccccc3O)cs2)c1. The number of phenolic OH excluding ortho intramolecular Hbond substituents is 1. The molecule has 3 rings (SSSR count). The molecule has 27 heavy (non-hydrogen) atoms. The highest BCUT2D eigenvalue weighted by Gasteiger charge is 2.13. The molecule has 3 N–H and O–H groups in total. The Kier molecular flexibility index (Phi) is 5.41. The molecular weight excluding hydrogens is 408 g/mol. The van der Waals surface area contributed by atoms with Crippen LogP contribution in [0.25, 0.3) is 11.1 Å². The number of carbonyl (C=O) groups is 1. The predicted octanol–water partition coefficient (Wildman–Crippen LogP) is 4.40. The highest BCUT2D eigenvalue weighted by Crippen LogP contribution is 2.32. The number of aromatic hydroxyl groups is 1. The van der Waals surface area contributed by atoms with Crippen LogP contribution in [0.15, 0.2) is 53.9 Å². The van der Waals surface area contributed by atoms with Crippen molar-refractivity contribution < 1.29 is 18.3 Å². The number of rotatable bonds is 5. The smallest absolute Gasteiger partial charge is 0.265 e. The van der Waals surface area contributed by atoms with E-state index < -0.39 is 10.0 Å². The summed E-state index contributed by atoms with van der Waals surface area (Å²) in [5.74, 6) is -0.233. The zero-order chi connectivity index (χ0) is 19.6. The Hall–Kier alpha value is -2.55. The molecule has 0 unspecified atom stereocenters. The maximum Gasteiger partial charge on any atom is 0.265 e. The van der Waals surface area contributed by atoms with E-state index in [1.165, 1.54) is 29.5 Å². The van der Waals surface area contributed by atoms with Crippen LogP contribution in [0.3, 0.4) is 0 Å². The van der Waals surface area contributed by atoms with Crippen LogP contribution in [0.4, 0.5) is 11.4 Å². The van der Waals surface area contributed by atoms with Gasteiger partial charge in [0.2, 0.25) is 10.0 Å². The molecule has 0 saturated carbocycles. The van der Waals surface area contributed by atoms with Crippen LogP contribution in [0.1, 0.15) is 9.67 Å². The number of halogens is 1. The molecule has 1 heterocycles. The largest absolute Gasteiger partial charge is 0.507 e. The van der Waals surface area contributed by atoms with Crippen molar-refractivity contribution in [2.75, 3.05) is 16.3 Å². The highest BCUT2D eigenvalue weighted by atomic mass is 35.5. The molecule has 0 bridgehead atoms.